The third-order valence-corrected chi connectivity index (χ3v) is 3.96. The van der Waals surface area contributed by atoms with Gasteiger partial charge in [-0.25, -0.2) is 0 Å². The molecular formula is C13H22N2OS. The Kier molecular flexibility index (Phi) is 5.65. The third kappa shape index (κ3) is 4.88. The van der Waals surface area contributed by atoms with E-state index in [9.17, 15) is 4.79 Å². The summed E-state index contributed by atoms with van der Waals surface area (Å²) in [5.74, 6) is 0.0690. The molecule has 0 aliphatic heterocycles. The quantitative estimate of drug-likeness (QED) is 0.819. The Balaban J connectivity index is 2.33. The summed E-state index contributed by atoms with van der Waals surface area (Å²) in [5.41, 5.74) is 0. The minimum Gasteiger partial charge on any atom is -0.353 e. The minimum atomic E-state index is 0.0690. The fourth-order valence-electron chi connectivity index (χ4n) is 1.46. The second-order valence-electron chi connectivity index (χ2n) is 4.43. The summed E-state index contributed by atoms with van der Waals surface area (Å²) < 4.78 is 0. The highest BCUT2D eigenvalue weighted by atomic mass is 32.1. The second-order valence-corrected chi connectivity index (χ2v) is 5.75. The van der Waals surface area contributed by atoms with Crippen LogP contribution in [-0.2, 0) is 4.79 Å². The topological polar surface area (TPSA) is 41.1 Å². The molecule has 1 aromatic heterocycles. The van der Waals surface area contributed by atoms with Crippen LogP contribution >= 0.6 is 11.3 Å². The van der Waals surface area contributed by atoms with Gasteiger partial charge in [-0.3, -0.25) is 4.79 Å². The van der Waals surface area contributed by atoms with Crippen molar-refractivity contribution in [2.75, 3.05) is 6.54 Å². The molecule has 4 heteroatoms. The highest BCUT2D eigenvalue weighted by molar-refractivity contribution is 7.12. The van der Waals surface area contributed by atoms with Crippen molar-refractivity contribution >= 4 is 17.2 Å². The Morgan fingerprint density at radius 1 is 1.41 bits per heavy atom. The van der Waals surface area contributed by atoms with Crippen LogP contribution in [0, 0.1) is 6.92 Å². The Morgan fingerprint density at radius 2 is 2.12 bits per heavy atom. The molecule has 2 N–H and O–H groups in total. The van der Waals surface area contributed by atoms with E-state index in [1.54, 1.807) is 11.3 Å². The molecule has 0 bridgehead atoms. The molecule has 0 radical (unpaired) electrons. The maximum atomic E-state index is 11.6. The fraction of sp³-hybridized carbons (Fsp3) is 0.615. The lowest BCUT2D eigenvalue weighted by molar-refractivity contribution is -0.120. The Hall–Kier alpha value is -0.870. The molecule has 1 heterocycles. The lowest BCUT2D eigenvalue weighted by atomic mass is 10.2. The summed E-state index contributed by atoms with van der Waals surface area (Å²) in [7, 11) is 0. The lowest BCUT2D eigenvalue weighted by Crippen LogP contribution is -2.39. The van der Waals surface area contributed by atoms with Gasteiger partial charge in [-0.15, -0.1) is 11.3 Å². The molecule has 1 rings (SSSR count). The number of hydrogen-bond acceptors (Lipinski definition) is 3. The molecule has 0 fully saturated rings. The molecular weight excluding hydrogens is 232 g/mol. The van der Waals surface area contributed by atoms with Gasteiger partial charge in [0, 0.05) is 21.8 Å². The number of carbonyl (C=O) groups is 1. The summed E-state index contributed by atoms with van der Waals surface area (Å²) in [6.07, 6.45) is 0.964. The summed E-state index contributed by atoms with van der Waals surface area (Å²) in [6.45, 7) is 8.64. The van der Waals surface area contributed by atoms with Crippen molar-refractivity contribution in [1.29, 1.82) is 0 Å². The Morgan fingerprint density at radius 3 is 2.65 bits per heavy atom. The largest absolute Gasteiger partial charge is 0.353 e. The predicted octanol–water partition coefficient (Wildman–Crippen LogP) is 2.62. The van der Waals surface area contributed by atoms with Gasteiger partial charge < -0.3 is 10.6 Å². The number of rotatable bonds is 6. The van der Waals surface area contributed by atoms with Crippen LogP contribution in [0.4, 0.5) is 0 Å². The fourth-order valence-corrected chi connectivity index (χ4v) is 2.36. The molecule has 2 unspecified atom stereocenters. The molecule has 96 valence electrons. The summed E-state index contributed by atoms with van der Waals surface area (Å²) in [4.78, 5) is 14.2. The second kappa shape index (κ2) is 6.77. The maximum Gasteiger partial charge on any atom is 0.234 e. The van der Waals surface area contributed by atoms with Gasteiger partial charge in [0.05, 0.1) is 6.54 Å². The first-order valence-electron chi connectivity index (χ1n) is 6.12. The van der Waals surface area contributed by atoms with E-state index in [-0.39, 0.29) is 18.0 Å². The van der Waals surface area contributed by atoms with E-state index in [1.165, 1.54) is 9.75 Å². The van der Waals surface area contributed by atoms with Gasteiger partial charge in [-0.2, -0.15) is 0 Å². The lowest BCUT2D eigenvalue weighted by Gasteiger charge is -2.14. The van der Waals surface area contributed by atoms with Gasteiger partial charge in [0.25, 0.3) is 0 Å². The van der Waals surface area contributed by atoms with Crippen LogP contribution in [0.25, 0.3) is 0 Å². The van der Waals surface area contributed by atoms with Gasteiger partial charge >= 0.3 is 0 Å². The van der Waals surface area contributed by atoms with Gasteiger partial charge in [-0.1, -0.05) is 6.92 Å². The molecule has 1 amide bonds. The van der Waals surface area contributed by atoms with E-state index in [0.717, 1.165) is 6.42 Å². The number of aryl methyl sites for hydroxylation is 1. The number of hydrogen-bond donors (Lipinski definition) is 2. The molecule has 2 atom stereocenters. The van der Waals surface area contributed by atoms with E-state index >= 15 is 0 Å². The number of amides is 1. The van der Waals surface area contributed by atoms with Crippen molar-refractivity contribution in [3.8, 4) is 0 Å². The highest BCUT2D eigenvalue weighted by Gasteiger charge is 2.10. The summed E-state index contributed by atoms with van der Waals surface area (Å²) in [5, 5.41) is 6.18. The van der Waals surface area contributed by atoms with E-state index in [1.807, 2.05) is 6.92 Å². The van der Waals surface area contributed by atoms with Crippen molar-refractivity contribution in [2.24, 2.45) is 0 Å². The van der Waals surface area contributed by atoms with Gasteiger partial charge in [0.15, 0.2) is 0 Å². The predicted molar refractivity (Wildman–Crippen MR) is 73.4 cm³/mol. The normalized spacial score (nSPS) is 14.4. The Bertz CT molecular complexity index is 362. The zero-order valence-corrected chi connectivity index (χ0v) is 11.9. The van der Waals surface area contributed by atoms with Crippen LogP contribution < -0.4 is 10.6 Å². The monoisotopic (exact) mass is 254 g/mol. The molecule has 0 aliphatic carbocycles. The zero-order chi connectivity index (χ0) is 12.8. The molecule has 17 heavy (non-hydrogen) atoms. The number of carbonyl (C=O) groups excluding carboxylic acids is 1. The van der Waals surface area contributed by atoms with Crippen LogP contribution in [-0.4, -0.2) is 18.5 Å². The molecule has 1 aromatic rings. The molecule has 0 saturated carbocycles. The van der Waals surface area contributed by atoms with E-state index in [4.69, 9.17) is 0 Å². The molecule has 0 spiro atoms. The highest BCUT2D eigenvalue weighted by Crippen LogP contribution is 2.21. The molecule has 0 aromatic carbocycles. The third-order valence-electron chi connectivity index (χ3n) is 2.78. The first-order chi connectivity index (χ1) is 8.02. The first kappa shape index (κ1) is 14.2. The van der Waals surface area contributed by atoms with Crippen molar-refractivity contribution in [3.05, 3.63) is 21.9 Å². The molecule has 0 aliphatic rings. The van der Waals surface area contributed by atoms with E-state index in [0.29, 0.717) is 6.54 Å². The number of nitrogens with one attached hydrogen (secondary N) is 2. The standard InChI is InChI=1S/C13H22N2OS/c1-5-9(2)15-13(16)8-14-11(4)12-7-6-10(3)17-12/h6-7,9,11,14H,5,8H2,1-4H3,(H,15,16). The Labute approximate surface area is 108 Å². The SMILES string of the molecule is CCC(C)NC(=O)CNC(C)c1ccc(C)s1. The summed E-state index contributed by atoms with van der Waals surface area (Å²) in [6, 6.07) is 4.71. The number of thiophene rings is 1. The van der Waals surface area contributed by atoms with E-state index in [2.05, 4.69) is 43.5 Å². The molecule has 0 saturated heterocycles. The van der Waals surface area contributed by atoms with Crippen LogP contribution in [0.5, 0.6) is 0 Å². The summed E-state index contributed by atoms with van der Waals surface area (Å²) >= 11 is 1.77. The average Bonchev–Trinajstić information content (AvgIpc) is 2.72. The molecule has 3 nitrogen and oxygen atoms in total. The minimum absolute atomic E-state index is 0.0690. The van der Waals surface area contributed by atoms with Crippen molar-refractivity contribution in [1.82, 2.24) is 10.6 Å². The van der Waals surface area contributed by atoms with Crippen LogP contribution in [0.1, 0.15) is 43.0 Å². The first-order valence-corrected chi connectivity index (χ1v) is 6.93. The van der Waals surface area contributed by atoms with E-state index < -0.39 is 0 Å². The van der Waals surface area contributed by atoms with Crippen molar-refractivity contribution < 1.29 is 4.79 Å². The zero-order valence-electron chi connectivity index (χ0n) is 11.0. The van der Waals surface area contributed by atoms with Crippen molar-refractivity contribution in [2.45, 2.75) is 46.2 Å². The van der Waals surface area contributed by atoms with Gasteiger partial charge in [0.1, 0.15) is 0 Å². The smallest absolute Gasteiger partial charge is 0.234 e. The van der Waals surface area contributed by atoms with Gasteiger partial charge in [-0.05, 0) is 39.3 Å². The average molecular weight is 254 g/mol. The van der Waals surface area contributed by atoms with Crippen LogP contribution in [0.15, 0.2) is 12.1 Å². The van der Waals surface area contributed by atoms with Crippen LogP contribution in [0.2, 0.25) is 0 Å². The van der Waals surface area contributed by atoms with Crippen LogP contribution in [0.3, 0.4) is 0 Å². The van der Waals surface area contributed by atoms with Gasteiger partial charge in [0.2, 0.25) is 5.91 Å². The van der Waals surface area contributed by atoms with Crippen molar-refractivity contribution in [3.63, 3.8) is 0 Å². The maximum absolute atomic E-state index is 11.6.